The fourth-order valence-electron chi connectivity index (χ4n) is 7.70. The molecule has 0 radical (unpaired) electrons. The van der Waals surface area contributed by atoms with Crippen molar-refractivity contribution >= 4 is 33.4 Å². The summed E-state index contributed by atoms with van der Waals surface area (Å²) in [5, 5.41) is 20.0. The van der Waals surface area contributed by atoms with Gasteiger partial charge in [0.25, 0.3) is 0 Å². The van der Waals surface area contributed by atoms with Crippen molar-refractivity contribution in [3.63, 3.8) is 0 Å². The minimum atomic E-state index is -4.89. The van der Waals surface area contributed by atoms with Crippen LogP contribution in [0.15, 0.2) is 36.5 Å². The Hall–Kier alpha value is -2.03. The van der Waals surface area contributed by atoms with Crippen LogP contribution in [0.4, 0.5) is 0 Å². The van der Waals surface area contributed by atoms with Crippen LogP contribution in [-0.4, -0.2) is 87.4 Å². The van der Waals surface area contributed by atoms with Crippen LogP contribution in [-0.2, 0) is 46.6 Å². The number of aliphatic hydroxyl groups is 2. The zero-order valence-corrected chi connectivity index (χ0v) is 43.1. The van der Waals surface area contributed by atoms with Gasteiger partial charge in [0.15, 0.2) is 11.9 Å². The maximum Gasteiger partial charge on any atom is 0.472 e. The molecule has 1 aliphatic carbocycles. The number of ketones is 1. The maximum atomic E-state index is 12.8. The van der Waals surface area contributed by atoms with E-state index in [9.17, 15) is 38.6 Å². The highest BCUT2D eigenvalue weighted by Crippen LogP contribution is 2.44. The Kier molecular flexibility index (Phi) is 37.3. The van der Waals surface area contributed by atoms with Gasteiger partial charge in [0.05, 0.1) is 25.9 Å². The number of carbonyl (C=O) groups is 3. The standard InChI is InChI=1S/C50H90O15P2/c1-4-5-24-31-44(51)35-36-47-43(34-37-48(47)53)30-26-22-23-28-33-50(55)65-46(41-64-67(59,60)63-39-45(52)38-62-66(56,57)58)40-61-49(54)32-27-21-19-17-15-13-11-9-7-6-8-10-12-14-16-18-20-25-29-42(2)3/h22,26,34-37,42-47,51-52H,4-21,23-25,27-33,38-41H2,1-3H3,(H,59,60)(H2,56,57,58)/b26-22-,36-35+/t43-,44-,45-,46+,47+/m0/s1. The SMILES string of the molecule is CCCCC[C@H](O)/C=C/[C@H]1C(=O)C=C[C@@H]1C/C=C\CCCC(=O)O[C@H](COC(=O)CCCCCCCCCCCCCCCCCCCCC(C)C)COP(=O)(O)OC[C@@H](O)COP(=O)(O)O. The van der Waals surface area contributed by atoms with Crippen LogP contribution in [0.1, 0.15) is 201 Å². The molecule has 390 valence electrons. The normalized spacial score (nSPS) is 17.7. The maximum absolute atomic E-state index is 12.8. The Bertz CT molecular complexity index is 1480. The zero-order valence-electron chi connectivity index (χ0n) is 41.3. The van der Waals surface area contributed by atoms with Crippen LogP contribution in [0.2, 0.25) is 0 Å². The van der Waals surface area contributed by atoms with E-state index in [1.54, 1.807) is 18.2 Å². The minimum absolute atomic E-state index is 0.00243. The molecule has 0 saturated heterocycles. The van der Waals surface area contributed by atoms with Gasteiger partial charge in [0.2, 0.25) is 0 Å². The molecule has 5 N–H and O–H groups in total. The first-order chi connectivity index (χ1) is 32.0. The number of phosphoric acid groups is 2. The van der Waals surface area contributed by atoms with E-state index in [2.05, 4.69) is 25.3 Å². The monoisotopic (exact) mass is 993 g/mol. The highest BCUT2D eigenvalue weighted by molar-refractivity contribution is 7.47. The minimum Gasteiger partial charge on any atom is -0.462 e. The molecule has 15 nitrogen and oxygen atoms in total. The van der Waals surface area contributed by atoms with Gasteiger partial charge in [-0.3, -0.25) is 28.0 Å². The Balaban J connectivity index is 2.42. The second-order valence-electron chi connectivity index (χ2n) is 18.6. The number of hydrogen-bond donors (Lipinski definition) is 5. The van der Waals surface area contributed by atoms with Gasteiger partial charge in [0, 0.05) is 18.8 Å². The third-order valence-electron chi connectivity index (χ3n) is 11.7. The van der Waals surface area contributed by atoms with Crippen molar-refractivity contribution in [1.82, 2.24) is 0 Å². The molecule has 6 atom stereocenters. The van der Waals surface area contributed by atoms with Gasteiger partial charge in [-0.2, -0.15) is 0 Å². The van der Waals surface area contributed by atoms with Crippen LogP contribution >= 0.6 is 15.6 Å². The van der Waals surface area contributed by atoms with Gasteiger partial charge in [0.1, 0.15) is 12.7 Å². The molecule has 0 amide bonds. The molecule has 0 aromatic rings. The summed E-state index contributed by atoms with van der Waals surface area (Å²) in [6.07, 6.45) is 36.3. The number of ether oxygens (including phenoxy) is 2. The predicted octanol–water partition coefficient (Wildman–Crippen LogP) is 11.5. The molecule has 1 rings (SSSR count). The van der Waals surface area contributed by atoms with E-state index in [0.717, 1.165) is 44.4 Å². The molecular formula is C50H90O15P2. The summed E-state index contributed by atoms with van der Waals surface area (Å²) in [6, 6.07) is 0. The lowest BCUT2D eigenvalue weighted by atomic mass is 9.90. The number of aliphatic hydroxyl groups excluding tert-OH is 2. The summed E-state index contributed by atoms with van der Waals surface area (Å²) in [7, 11) is -9.76. The quantitative estimate of drug-likeness (QED) is 0.0165. The van der Waals surface area contributed by atoms with Crippen molar-refractivity contribution in [2.45, 2.75) is 219 Å². The van der Waals surface area contributed by atoms with Gasteiger partial charge in [-0.05, 0) is 50.0 Å². The smallest absolute Gasteiger partial charge is 0.462 e. The molecular weight excluding hydrogens is 902 g/mol. The van der Waals surface area contributed by atoms with Crippen molar-refractivity contribution < 1.29 is 71.5 Å². The summed E-state index contributed by atoms with van der Waals surface area (Å²) in [6.45, 7) is 3.81. The van der Waals surface area contributed by atoms with E-state index in [1.165, 1.54) is 96.3 Å². The largest absolute Gasteiger partial charge is 0.472 e. The van der Waals surface area contributed by atoms with Crippen molar-refractivity contribution in [3.8, 4) is 0 Å². The summed E-state index contributed by atoms with van der Waals surface area (Å²) < 4.78 is 48.0. The third-order valence-corrected chi connectivity index (χ3v) is 13.1. The van der Waals surface area contributed by atoms with Gasteiger partial charge in [-0.15, -0.1) is 0 Å². The lowest BCUT2D eigenvalue weighted by Gasteiger charge is -2.20. The Morgan fingerprint density at radius 3 is 1.75 bits per heavy atom. The van der Waals surface area contributed by atoms with Gasteiger partial charge >= 0.3 is 27.6 Å². The van der Waals surface area contributed by atoms with Crippen LogP contribution < -0.4 is 0 Å². The average molecular weight is 993 g/mol. The summed E-state index contributed by atoms with van der Waals surface area (Å²) >= 11 is 0. The lowest BCUT2D eigenvalue weighted by molar-refractivity contribution is -0.161. The molecule has 0 saturated carbocycles. The summed E-state index contributed by atoms with van der Waals surface area (Å²) in [5.41, 5.74) is 0. The van der Waals surface area contributed by atoms with E-state index in [-0.39, 0.29) is 30.5 Å². The van der Waals surface area contributed by atoms with Crippen LogP contribution in [0, 0.1) is 17.8 Å². The molecule has 0 aliphatic heterocycles. The first kappa shape index (κ1) is 63.0. The number of rotatable bonds is 45. The summed E-state index contributed by atoms with van der Waals surface area (Å²) in [5.74, 6) is -0.707. The van der Waals surface area contributed by atoms with E-state index in [4.69, 9.17) is 28.3 Å². The fraction of sp³-hybridized carbons (Fsp3) is 0.820. The second kappa shape index (κ2) is 39.7. The van der Waals surface area contributed by atoms with Crippen molar-refractivity contribution in [2.75, 3.05) is 26.4 Å². The first-order valence-electron chi connectivity index (χ1n) is 25.6. The van der Waals surface area contributed by atoms with Crippen LogP contribution in [0.3, 0.4) is 0 Å². The third kappa shape index (κ3) is 38.4. The number of carbonyl (C=O) groups excluding carboxylic acids is 3. The number of phosphoric ester groups is 2. The zero-order chi connectivity index (χ0) is 49.6. The number of unbranched alkanes of at least 4 members (excludes halogenated alkanes) is 20. The molecule has 0 aromatic heterocycles. The van der Waals surface area contributed by atoms with Crippen LogP contribution in [0.5, 0.6) is 0 Å². The Morgan fingerprint density at radius 1 is 0.657 bits per heavy atom. The molecule has 0 spiro atoms. The van der Waals surface area contributed by atoms with E-state index >= 15 is 0 Å². The highest BCUT2D eigenvalue weighted by atomic mass is 31.2. The number of hydrogen-bond acceptors (Lipinski definition) is 12. The van der Waals surface area contributed by atoms with E-state index in [1.807, 2.05) is 18.2 Å². The molecule has 0 aromatic carbocycles. The average Bonchev–Trinajstić information content (AvgIpc) is 3.63. The second-order valence-corrected chi connectivity index (χ2v) is 21.3. The molecule has 0 fully saturated rings. The van der Waals surface area contributed by atoms with Crippen molar-refractivity contribution in [3.05, 3.63) is 36.5 Å². The van der Waals surface area contributed by atoms with Gasteiger partial charge < -0.3 is 34.4 Å². The van der Waals surface area contributed by atoms with Crippen molar-refractivity contribution in [1.29, 1.82) is 0 Å². The molecule has 67 heavy (non-hydrogen) atoms. The fourth-order valence-corrected chi connectivity index (χ4v) is 8.86. The summed E-state index contributed by atoms with van der Waals surface area (Å²) in [4.78, 5) is 65.5. The van der Waals surface area contributed by atoms with Crippen molar-refractivity contribution in [2.24, 2.45) is 17.8 Å². The van der Waals surface area contributed by atoms with Gasteiger partial charge in [-0.1, -0.05) is 186 Å². The van der Waals surface area contributed by atoms with Crippen LogP contribution in [0.25, 0.3) is 0 Å². The van der Waals surface area contributed by atoms with Gasteiger partial charge in [-0.25, -0.2) is 9.13 Å². The first-order valence-corrected chi connectivity index (χ1v) is 28.6. The molecule has 17 heteroatoms. The molecule has 0 heterocycles. The molecule has 1 unspecified atom stereocenters. The predicted molar refractivity (Wildman–Crippen MR) is 262 cm³/mol. The topological polar surface area (TPSA) is 233 Å². The Labute approximate surface area is 403 Å². The highest BCUT2D eigenvalue weighted by Gasteiger charge is 2.29. The molecule has 0 bridgehead atoms. The number of esters is 2. The lowest BCUT2D eigenvalue weighted by Crippen LogP contribution is -2.29. The van der Waals surface area contributed by atoms with E-state index in [0.29, 0.717) is 32.1 Å². The van der Waals surface area contributed by atoms with E-state index < -0.39 is 72.3 Å². The Morgan fingerprint density at radius 2 is 1.18 bits per heavy atom. The number of allylic oxidation sites excluding steroid dienone is 5. The molecule has 1 aliphatic rings.